The summed E-state index contributed by atoms with van der Waals surface area (Å²) >= 11 is 0. The SMILES string of the molecule is C#CC(=O)N1CCCCC1c1nc(-c2ccc(C(=O)Nc3cc(CC)ccn3)cc2)c(C(N)=O)n1N. The van der Waals surface area contributed by atoms with Gasteiger partial charge >= 0.3 is 0 Å². The molecule has 184 valence electrons. The summed E-state index contributed by atoms with van der Waals surface area (Å²) in [6.45, 7) is 2.49. The van der Waals surface area contributed by atoms with Crippen LogP contribution < -0.4 is 16.9 Å². The number of pyridine rings is 1. The summed E-state index contributed by atoms with van der Waals surface area (Å²) in [5.74, 6) is 7.64. The Bertz CT molecular complexity index is 1350. The minimum absolute atomic E-state index is 0.00135. The summed E-state index contributed by atoms with van der Waals surface area (Å²) in [4.78, 5) is 47.7. The molecule has 36 heavy (non-hydrogen) atoms. The number of likely N-dealkylation sites (tertiary alicyclic amines) is 1. The number of nitrogens with two attached hydrogens (primary N) is 2. The van der Waals surface area contributed by atoms with Gasteiger partial charge in [0.1, 0.15) is 11.5 Å². The van der Waals surface area contributed by atoms with Crippen LogP contribution in [0.3, 0.4) is 0 Å². The van der Waals surface area contributed by atoms with Gasteiger partial charge in [-0.05, 0) is 61.4 Å². The first-order chi connectivity index (χ1) is 17.3. The van der Waals surface area contributed by atoms with Crippen molar-refractivity contribution < 1.29 is 14.4 Å². The summed E-state index contributed by atoms with van der Waals surface area (Å²) in [6.07, 6.45) is 10.1. The Morgan fingerprint density at radius 1 is 1.19 bits per heavy atom. The predicted molar refractivity (Wildman–Crippen MR) is 135 cm³/mol. The highest BCUT2D eigenvalue weighted by atomic mass is 16.2. The number of amides is 3. The van der Waals surface area contributed by atoms with Crippen LogP contribution in [-0.4, -0.2) is 43.8 Å². The third-order valence-electron chi connectivity index (χ3n) is 6.25. The second-order valence-corrected chi connectivity index (χ2v) is 8.49. The van der Waals surface area contributed by atoms with Gasteiger partial charge in [0.2, 0.25) is 0 Å². The van der Waals surface area contributed by atoms with Crippen LogP contribution in [0.15, 0.2) is 42.6 Å². The first-order valence-corrected chi connectivity index (χ1v) is 11.7. The maximum absolute atomic E-state index is 12.7. The van der Waals surface area contributed by atoms with Crippen molar-refractivity contribution in [3.63, 3.8) is 0 Å². The number of aryl methyl sites for hydroxylation is 1. The van der Waals surface area contributed by atoms with E-state index in [9.17, 15) is 14.4 Å². The van der Waals surface area contributed by atoms with Crippen molar-refractivity contribution in [1.82, 2.24) is 19.5 Å². The number of imidazole rings is 1. The Balaban J connectivity index is 1.64. The number of nitrogens with one attached hydrogen (secondary N) is 1. The summed E-state index contributed by atoms with van der Waals surface area (Å²) in [6, 6.07) is 9.78. The first-order valence-electron chi connectivity index (χ1n) is 11.7. The summed E-state index contributed by atoms with van der Waals surface area (Å²) in [5, 5.41) is 2.78. The van der Waals surface area contributed by atoms with Gasteiger partial charge in [-0.3, -0.25) is 14.4 Å². The topological polar surface area (TPSA) is 149 Å². The van der Waals surface area contributed by atoms with Gasteiger partial charge in [-0.15, -0.1) is 6.42 Å². The van der Waals surface area contributed by atoms with Crippen LogP contribution in [0.1, 0.15) is 64.5 Å². The van der Waals surface area contributed by atoms with Gasteiger partial charge < -0.3 is 21.8 Å². The Labute approximate surface area is 208 Å². The smallest absolute Gasteiger partial charge is 0.298 e. The molecule has 1 aromatic carbocycles. The zero-order valence-electron chi connectivity index (χ0n) is 19.9. The Kier molecular flexibility index (Phi) is 7.01. The van der Waals surface area contributed by atoms with Crippen LogP contribution in [0.2, 0.25) is 0 Å². The predicted octanol–water partition coefficient (Wildman–Crippen LogP) is 2.26. The fourth-order valence-electron chi connectivity index (χ4n) is 4.38. The van der Waals surface area contributed by atoms with Crippen LogP contribution in [0, 0.1) is 12.3 Å². The van der Waals surface area contributed by atoms with E-state index in [1.54, 1.807) is 35.4 Å². The number of piperidine rings is 1. The van der Waals surface area contributed by atoms with E-state index >= 15 is 0 Å². The summed E-state index contributed by atoms with van der Waals surface area (Å²) in [5.41, 5.74) is 7.91. The Morgan fingerprint density at radius 3 is 2.61 bits per heavy atom. The molecule has 2 aromatic heterocycles. The molecule has 1 aliphatic rings. The minimum atomic E-state index is -0.763. The average Bonchev–Trinajstić information content (AvgIpc) is 3.25. The molecule has 5 N–H and O–H groups in total. The first kappa shape index (κ1) is 24.5. The number of hydrogen-bond donors (Lipinski definition) is 3. The van der Waals surface area contributed by atoms with Gasteiger partial charge in [0, 0.05) is 23.9 Å². The van der Waals surface area contributed by atoms with Crippen molar-refractivity contribution in [3.05, 3.63) is 65.2 Å². The number of anilines is 1. The lowest BCUT2D eigenvalue weighted by Crippen LogP contribution is -2.40. The minimum Gasteiger partial charge on any atom is -0.364 e. The van der Waals surface area contributed by atoms with Crippen molar-refractivity contribution in [1.29, 1.82) is 0 Å². The van der Waals surface area contributed by atoms with Crippen molar-refractivity contribution in [2.45, 2.75) is 38.6 Å². The van der Waals surface area contributed by atoms with E-state index < -0.39 is 17.9 Å². The molecule has 0 radical (unpaired) electrons. The number of terminal acetylenes is 1. The highest BCUT2D eigenvalue weighted by molar-refractivity contribution is 6.04. The van der Waals surface area contributed by atoms with Gasteiger partial charge in [0.25, 0.3) is 17.7 Å². The van der Waals surface area contributed by atoms with Gasteiger partial charge in [0.15, 0.2) is 11.5 Å². The molecular formula is C26H27N7O3. The van der Waals surface area contributed by atoms with Crippen LogP contribution in [0.25, 0.3) is 11.3 Å². The molecule has 10 nitrogen and oxygen atoms in total. The fraction of sp³-hybridized carbons (Fsp3) is 0.269. The van der Waals surface area contributed by atoms with Crippen molar-refractivity contribution >= 4 is 23.5 Å². The largest absolute Gasteiger partial charge is 0.364 e. The van der Waals surface area contributed by atoms with Crippen molar-refractivity contribution in [3.8, 4) is 23.6 Å². The summed E-state index contributed by atoms with van der Waals surface area (Å²) < 4.78 is 1.14. The molecule has 0 bridgehead atoms. The van der Waals surface area contributed by atoms with E-state index in [4.69, 9.17) is 18.0 Å². The number of benzene rings is 1. The van der Waals surface area contributed by atoms with Crippen LogP contribution >= 0.6 is 0 Å². The molecular weight excluding hydrogens is 458 g/mol. The monoisotopic (exact) mass is 485 g/mol. The number of carbonyl (C=O) groups excluding carboxylic acids is 3. The number of nitrogens with zero attached hydrogens (tertiary/aromatic N) is 4. The standard InChI is InChI=1S/C26H27N7O3/c1-3-16-12-13-29-20(15-16)30-26(36)18-10-8-17(9-11-18)22-23(24(27)35)33(28)25(31-22)19-7-5-6-14-32(19)21(34)4-2/h2,8-13,15,19H,3,5-7,14,28H2,1H3,(H2,27,35)(H,29,30,36). The molecule has 0 spiro atoms. The van der Waals surface area contributed by atoms with Gasteiger partial charge in [-0.2, -0.15) is 0 Å². The van der Waals surface area contributed by atoms with E-state index in [2.05, 4.69) is 21.2 Å². The number of primary amides is 1. The molecule has 1 aliphatic heterocycles. The molecule has 10 heteroatoms. The normalized spacial score (nSPS) is 15.2. The molecule has 1 fully saturated rings. The van der Waals surface area contributed by atoms with Gasteiger partial charge in [-0.1, -0.05) is 19.1 Å². The fourth-order valence-corrected chi connectivity index (χ4v) is 4.38. The Hall–Kier alpha value is -4.65. The quantitative estimate of drug-likeness (QED) is 0.360. The second kappa shape index (κ2) is 10.3. The van der Waals surface area contributed by atoms with E-state index in [0.29, 0.717) is 35.7 Å². The molecule has 1 unspecified atom stereocenters. The molecule has 3 aromatic rings. The molecule has 0 saturated carbocycles. The van der Waals surface area contributed by atoms with Crippen molar-refractivity contribution in [2.24, 2.45) is 5.73 Å². The maximum Gasteiger partial charge on any atom is 0.298 e. The third kappa shape index (κ3) is 4.77. The molecule has 1 saturated heterocycles. The highest BCUT2D eigenvalue weighted by Gasteiger charge is 2.33. The molecule has 3 heterocycles. The molecule has 3 amide bonds. The lowest BCUT2D eigenvalue weighted by molar-refractivity contribution is -0.129. The Morgan fingerprint density at radius 2 is 1.94 bits per heavy atom. The van der Waals surface area contributed by atoms with E-state index in [0.717, 1.165) is 29.5 Å². The molecule has 0 aliphatic carbocycles. The average molecular weight is 486 g/mol. The lowest BCUT2D eigenvalue weighted by atomic mass is 10.0. The number of carbonyl (C=O) groups is 3. The third-order valence-corrected chi connectivity index (χ3v) is 6.25. The number of rotatable bonds is 6. The number of hydrogen-bond acceptors (Lipinski definition) is 6. The summed E-state index contributed by atoms with van der Waals surface area (Å²) in [7, 11) is 0. The van der Waals surface area contributed by atoms with Crippen LogP contribution in [0.4, 0.5) is 5.82 Å². The maximum atomic E-state index is 12.7. The van der Waals surface area contributed by atoms with Crippen LogP contribution in [0.5, 0.6) is 0 Å². The second-order valence-electron chi connectivity index (χ2n) is 8.49. The molecule has 4 rings (SSSR count). The molecule has 1 atom stereocenters. The number of nitrogen functional groups attached to an aromatic ring is 1. The zero-order valence-corrected chi connectivity index (χ0v) is 19.9. The highest BCUT2D eigenvalue weighted by Crippen LogP contribution is 2.33. The van der Waals surface area contributed by atoms with Crippen LogP contribution in [-0.2, 0) is 11.2 Å². The lowest BCUT2D eigenvalue weighted by Gasteiger charge is -2.33. The van der Waals surface area contributed by atoms with E-state index in [1.165, 1.54) is 0 Å². The zero-order chi connectivity index (χ0) is 25.8. The van der Waals surface area contributed by atoms with Gasteiger partial charge in [-0.25, -0.2) is 14.6 Å². The number of aromatic nitrogens is 3. The van der Waals surface area contributed by atoms with E-state index in [1.807, 2.05) is 19.1 Å². The van der Waals surface area contributed by atoms with E-state index in [-0.39, 0.29) is 17.3 Å². The van der Waals surface area contributed by atoms with Crippen molar-refractivity contribution in [2.75, 3.05) is 17.7 Å². The van der Waals surface area contributed by atoms with Gasteiger partial charge in [0.05, 0.1) is 6.04 Å².